The number of nitrogens with two attached hydrogens (primary N) is 1. The van der Waals surface area contributed by atoms with Crippen LogP contribution in [0.4, 0.5) is 8.78 Å². The van der Waals surface area contributed by atoms with Gasteiger partial charge < -0.3 is 10.7 Å². The zero-order valence-corrected chi connectivity index (χ0v) is 13.6. The van der Waals surface area contributed by atoms with Gasteiger partial charge in [-0.15, -0.1) is 12.4 Å². The largest absolute Gasteiger partial charge is 0.329 e. The number of H-pyrrole nitrogens is 1. The maximum atomic E-state index is 14.1. The van der Waals surface area contributed by atoms with Gasteiger partial charge in [-0.1, -0.05) is 22.0 Å². The summed E-state index contributed by atoms with van der Waals surface area (Å²) in [6.07, 6.45) is 1.44. The molecule has 0 aliphatic rings. The fraction of sp³-hybridized carbons (Fsp3) is 0.133. The summed E-state index contributed by atoms with van der Waals surface area (Å²) >= 11 is 3.31. The van der Waals surface area contributed by atoms with Gasteiger partial charge in [-0.2, -0.15) is 8.78 Å². The lowest BCUT2D eigenvalue weighted by molar-refractivity contribution is 0.00765. The summed E-state index contributed by atoms with van der Waals surface area (Å²) in [7, 11) is 0. The van der Waals surface area contributed by atoms with Crippen molar-refractivity contribution in [2.24, 2.45) is 5.73 Å². The summed E-state index contributed by atoms with van der Waals surface area (Å²) in [6.45, 7) is -0.785. The SMILES string of the molecule is Cl.NCC(F)(F)c1cc2cc[nH]c(=O)c2c2cc(Br)ccc12. The van der Waals surface area contributed by atoms with Crippen LogP contribution in [-0.4, -0.2) is 11.5 Å². The first-order chi connectivity index (χ1) is 9.94. The fourth-order valence-corrected chi connectivity index (χ4v) is 2.86. The molecule has 2 aromatic carbocycles. The van der Waals surface area contributed by atoms with Crippen molar-refractivity contribution in [3.8, 4) is 0 Å². The minimum absolute atomic E-state index is 0. The minimum Gasteiger partial charge on any atom is -0.329 e. The van der Waals surface area contributed by atoms with Gasteiger partial charge in [-0.25, -0.2) is 0 Å². The Morgan fingerprint density at radius 1 is 1.18 bits per heavy atom. The molecule has 0 bridgehead atoms. The normalized spacial score (nSPS) is 11.6. The minimum atomic E-state index is -3.15. The highest BCUT2D eigenvalue weighted by Crippen LogP contribution is 2.37. The van der Waals surface area contributed by atoms with Crippen molar-refractivity contribution in [1.29, 1.82) is 0 Å². The summed E-state index contributed by atoms with van der Waals surface area (Å²) < 4.78 is 29.0. The van der Waals surface area contributed by atoms with E-state index >= 15 is 0 Å². The van der Waals surface area contributed by atoms with E-state index in [1.54, 1.807) is 24.3 Å². The standard InChI is InChI=1S/C15H11BrF2N2O.ClH/c16-9-1-2-10-11(6-9)13-8(3-4-20-14(13)21)5-12(10)15(17,18)7-19;/h1-6H,7,19H2,(H,20,21);1H. The number of aromatic nitrogens is 1. The molecule has 22 heavy (non-hydrogen) atoms. The van der Waals surface area contributed by atoms with Crippen molar-refractivity contribution in [2.45, 2.75) is 5.92 Å². The number of hydrogen-bond donors (Lipinski definition) is 2. The predicted molar refractivity (Wildman–Crippen MR) is 90.0 cm³/mol. The molecule has 116 valence electrons. The molecule has 0 aliphatic carbocycles. The second-order valence-corrected chi connectivity index (χ2v) is 5.71. The van der Waals surface area contributed by atoms with Crippen LogP contribution in [0.25, 0.3) is 21.5 Å². The van der Waals surface area contributed by atoms with Crippen molar-refractivity contribution in [2.75, 3.05) is 6.54 Å². The molecule has 0 atom stereocenters. The Morgan fingerprint density at radius 3 is 2.59 bits per heavy atom. The molecular formula is C15H12BrClF2N2O. The zero-order chi connectivity index (χ0) is 15.2. The van der Waals surface area contributed by atoms with Gasteiger partial charge in [-0.3, -0.25) is 4.79 Å². The lowest BCUT2D eigenvalue weighted by atomic mass is 9.95. The number of pyridine rings is 1. The molecule has 7 heteroatoms. The van der Waals surface area contributed by atoms with E-state index in [4.69, 9.17) is 5.73 Å². The molecule has 0 unspecified atom stereocenters. The van der Waals surface area contributed by atoms with Crippen LogP contribution in [0.5, 0.6) is 0 Å². The lowest BCUT2D eigenvalue weighted by Gasteiger charge is -2.18. The number of aromatic amines is 1. The number of rotatable bonds is 2. The summed E-state index contributed by atoms with van der Waals surface area (Å²) in [5.74, 6) is -3.15. The number of benzene rings is 2. The molecule has 3 rings (SSSR count). The van der Waals surface area contributed by atoms with Crippen LogP contribution in [0.3, 0.4) is 0 Å². The summed E-state index contributed by atoms with van der Waals surface area (Å²) in [6, 6.07) is 7.86. The van der Waals surface area contributed by atoms with Crippen LogP contribution in [0.2, 0.25) is 0 Å². The average molecular weight is 390 g/mol. The number of nitrogens with one attached hydrogen (secondary N) is 1. The van der Waals surface area contributed by atoms with Crippen LogP contribution < -0.4 is 11.3 Å². The maximum absolute atomic E-state index is 14.1. The van der Waals surface area contributed by atoms with E-state index in [2.05, 4.69) is 20.9 Å². The lowest BCUT2D eigenvalue weighted by Crippen LogP contribution is -2.25. The molecule has 1 heterocycles. The third kappa shape index (κ3) is 2.62. The fourth-order valence-electron chi connectivity index (χ4n) is 2.50. The van der Waals surface area contributed by atoms with E-state index in [1.807, 2.05) is 0 Å². The van der Waals surface area contributed by atoms with Gasteiger partial charge in [0.05, 0.1) is 11.9 Å². The van der Waals surface area contributed by atoms with Gasteiger partial charge in [0.25, 0.3) is 11.5 Å². The Balaban J connectivity index is 0.00000176. The summed E-state index contributed by atoms with van der Waals surface area (Å²) in [5, 5.41) is 1.67. The summed E-state index contributed by atoms with van der Waals surface area (Å²) in [4.78, 5) is 14.6. The third-order valence-corrected chi connectivity index (χ3v) is 3.98. The number of halogens is 4. The Bertz CT molecular complexity index is 911. The van der Waals surface area contributed by atoms with E-state index < -0.39 is 12.5 Å². The maximum Gasteiger partial charge on any atom is 0.285 e. The third-order valence-electron chi connectivity index (χ3n) is 3.48. The van der Waals surface area contributed by atoms with E-state index in [9.17, 15) is 13.6 Å². The molecule has 0 saturated carbocycles. The topological polar surface area (TPSA) is 58.9 Å². The van der Waals surface area contributed by atoms with Crippen LogP contribution in [0.1, 0.15) is 5.56 Å². The van der Waals surface area contributed by atoms with Crippen LogP contribution in [0, 0.1) is 0 Å². The van der Waals surface area contributed by atoms with E-state index in [1.165, 1.54) is 12.3 Å². The molecule has 0 saturated heterocycles. The molecular weight excluding hydrogens is 378 g/mol. The molecule has 3 nitrogen and oxygen atoms in total. The Kier molecular flexibility index (Phi) is 4.56. The summed E-state index contributed by atoms with van der Waals surface area (Å²) in [5.41, 5.74) is 4.74. The van der Waals surface area contributed by atoms with E-state index in [0.29, 0.717) is 26.0 Å². The van der Waals surface area contributed by atoms with Gasteiger partial charge >= 0.3 is 0 Å². The highest BCUT2D eigenvalue weighted by molar-refractivity contribution is 9.10. The number of hydrogen-bond acceptors (Lipinski definition) is 2. The van der Waals surface area contributed by atoms with Crippen LogP contribution in [-0.2, 0) is 5.92 Å². The molecule has 0 radical (unpaired) electrons. The molecule has 0 fully saturated rings. The highest BCUT2D eigenvalue weighted by Gasteiger charge is 2.32. The Morgan fingerprint density at radius 2 is 1.91 bits per heavy atom. The van der Waals surface area contributed by atoms with Crippen molar-refractivity contribution >= 4 is 49.9 Å². The number of alkyl halides is 2. The van der Waals surface area contributed by atoms with Crippen molar-refractivity contribution < 1.29 is 8.78 Å². The zero-order valence-electron chi connectivity index (χ0n) is 11.2. The predicted octanol–water partition coefficient (Wildman–Crippen LogP) is 3.92. The second-order valence-electron chi connectivity index (χ2n) is 4.79. The first kappa shape index (κ1) is 16.9. The van der Waals surface area contributed by atoms with Crippen LogP contribution >= 0.6 is 28.3 Å². The van der Waals surface area contributed by atoms with Crippen LogP contribution in [0.15, 0.2) is 45.8 Å². The molecule has 1 aromatic heterocycles. The van der Waals surface area contributed by atoms with Crippen molar-refractivity contribution in [3.63, 3.8) is 0 Å². The molecule has 3 N–H and O–H groups in total. The Labute approximate surface area is 139 Å². The first-order valence-electron chi connectivity index (χ1n) is 6.26. The van der Waals surface area contributed by atoms with Gasteiger partial charge in [0, 0.05) is 16.2 Å². The molecule has 0 amide bonds. The monoisotopic (exact) mass is 388 g/mol. The van der Waals surface area contributed by atoms with Gasteiger partial charge in [0.1, 0.15) is 0 Å². The molecule has 0 spiro atoms. The first-order valence-corrected chi connectivity index (χ1v) is 7.05. The van der Waals surface area contributed by atoms with Gasteiger partial charge in [0.2, 0.25) is 0 Å². The quantitative estimate of drug-likeness (QED) is 0.653. The van der Waals surface area contributed by atoms with Gasteiger partial charge in [-0.05, 0) is 40.4 Å². The van der Waals surface area contributed by atoms with Crippen molar-refractivity contribution in [1.82, 2.24) is 4.98 Å². The van der Waals surface area contributed by atoms with E-state index in [0.717, 1.165) is 0 Å². The highest BCUT2D eigenvalue weighted by atomic mass is 79.9. The average Bonchev–Trinajstić information content (AvgIpc) is 2.46. The van der Waals surface area contributed by atoms with Gasteiger partial charge in [0.15, 0.2) is 0 Å². The van der Waals surface area contributed by atoms with E-state index in [-0.39, 0.29) is 23.5 Å². The van der Waals surface area contributed by atoms with Crippen molar-refractivity contribution in [3.05, 3.63) is 56.9 Å². The molecule has 0 aliphatic heterocycles. The second kappa shape index (κ2) is 5.95. The molecule has 3 aromatic rings. The number of fused-ring (bicyclic) bond motifs is 3. The Hall–Kier alpha value is -1.50. The smallest absolute Gasteiger partial charge is 0.285 e.